The van der Waals surface area contributed by atoms with E-state index in [9.17, 15) is 9.59 Å². The quantitative estimate of drug-likeness (QED) is 0.524. The number of H-pyrrole nitrogens is 1. The number of aromatic nitrogens is 3. The molecule has 4 aromatic rings. The lowest BCUT2D eigenvalue weighted by Crippen LogP contribution is -2.13. The SMILES string of the molecule is Cc1ccc2[nH]c(=O)c(-c3noc(CCC(=O)Nc4cccc(C)c4C)n3)cc2c1. The van der Waals surface area contributed by atoms with Crippen LogP contribution in [0.1, 0.15) is 29.0 Å². The van der Waals surface area contributed by atoms with Crippen molar-refractivity contribution in [2.45, 2.75) is 33.6 Å². The van der Waals surface area contributed by atoms with Crippen LogP contribution in [0.3, 0.4) is 0 Å². The van der Waals surface area contributed by atoms with E-state index in [1.165, 1.54) is 0 Å². The van der Waals surface area contributed by atoms with Crippen LogP contribution >= 0.6 is 0 Å². The molecule has 0 aliphatic rings. The molecule has 152 valence electrons. The van der Waals surface area contributed by atoms with Gasteiger partial charge in [0.25, 0.3) is 5.56 Å². The number of aromatic amines is 1. The number of nitrogens with zero attached hydrogens (tertiary/aromatic N) is 2. The molecule has 2 aromatic carbocycles. The predicted molar refractivity (Wildman–Crippen MR) is 115 cm³/mol. The van der Waals surface area contributed by atoms with Crippen molar-refractivity contribution in [2.75, 3.05) is 5.32 Å². The molecule has 0 atom stereocenters. The van der Waals surface area contributed by atoms with Crippen LogP contribution in [0.4, 0.5) is 5.69 Å². The van der Waals surface area contributed by atoms with E-state index in [0.717, 1.165) is 33.3 Å². The van der Waals surface area contributed by atoms with Crippen LogP contribution in [-0.2, 0) is 11.2 Å². The number of hydrogen-bond donors (Lipinski definition) is 2. The van der Waals surface area contributed by atoms with Gasteiger partial charge in [0.2, 0.25) is 17.6 Å². The van der Waals surface area contributed by atoms with Gasteiger partial charge in [0.1, 0.15) is 0 Å². The van der Waals surface area contributed by atoms with E-state index in [4.69, 9.17) is 4.52 Å². The van der Waals surface area contributed by atoms with Gasteiger partial charge in [0.15, 0.2) is 0 Å². The Balaban J connectivity index is 1.47. The summed E-state index contributed by atoms with van der Waals surface area (Å²) in [5, 5.41) is 7.73. The van der Waals surface area contributed by atoms with Crippen LogP contribution in [0.25, 0.3) is 22.3 Å². The van der Waals surface area contributed by atoms with E-state index >= 15 is 0 Å². The van der Waals surface area contributed by atoms with Gasteiger partial charge >= 0.3 is 0 Å². The fraction of sp³-hybridized carbons (Fsp3) is 0.217. The van der Waals surface area contributed by atoms with Gasteiger partial charge in [-0.05, 0) is 61.5 Å². The molecular formula is C23H22N4O3. The number of nitrogens with one attached hydrogen (secondary N) is 2. The summed E-state index contributed by atoms with van der Waals surface area (Å²) in [7, 11) is 0. The fourth-order valence-electron chi connectivity index (χ4n) is 3.28. The number of pyridine rings is 1. The Morgan fingerprint density at radius 3 is 2.80 bits per heavy atom. The minimum Gasteiger partial charge on any atom is -0.339 e. The number of anilines is 1. The second-order valence-electron chi connectivity index (χ2n) is 7.41. The van der Waals surface area contributed by atoms with Crippen LogP contribution < -0.4 is 10.9 Å². The molecule has 30 heavy (non-hydrogen) atoms. The van der Waals surface area contributed by atoms with Gasteiger partial charge in [-0.15, -0.1) is 0 Å². The van der Waals surface area contributed by atoms with Crippen LogP contribution in [-0.4, -0.2) is 21.0 Å². The highest BCUT2D eigenvalue weighted by Gasteiger charge is 2.15. The molecule has 0 bridgehead atoms. The maximum Gasteiger partial charge on any atom is 0.259 e. The zero-order valence-electron chi connectivity index (χ0n) is 17.1. The molecule has 0 radical (unpaired) electrons. The first-order chi connectivity index (χ1) is 14.4. The minimum atomic E-state index is -0.286. The van der Waals surface area contributed by atoms with Crippen LogP contribution in [0, 0.1) is 20.8 Å². The molecule has 1 amide bonds. The summed E-state index contributed by atoms with van der Waals surface area (Å²) in [5.41, 5.74) is 4.84. The van der Waals surface area contributed by atoms with Crippen LogP contribution in [0.2, 0.25) is 0 Å². The number of carbonyl (C=O) groups is 1. The number of hydrogen-bond acceptors (Lipinski definition) is 5. The molecule has 0 aliphatic carbocycles. The average molecular weight is 402 g/mol. The predicted octanol–water partition coefficient (Wildman–Crippen LogP) is 4.07. The van der Waals surface area contributed by atoms with Crippen molar-refractivity contribution in [3.63, 3.8) is 0 Å². The normalized spacial score (nSPS) is 11.0. The molecule has 0 unspecified atom stereocenters. The number of fused-ring (bicyclic) bond motifs is 1. The van der Waals surface area contributed by atoms with E-state index in [1.54, 1.807) is 6.07 Å². The highest BCUT2D eigenvalue weighted by molar-refractivity contribution is 5.91. The van der Waals surface area contributed by atoms with Crippen molar-refractivity contribution in [3.05, 3.63) is 75.4 Å². The number of amides is 1. The number of aryl methyl sites for hydroxylation is 3. The number of benzene rings is 2. The fourth-order valence-corrected chi connectivity index (χ4v) is 3.28. The highest BCUT2D eigenvalue weighted by atomic mass is 16.5. The minimum absolute atomic E-state index is 0.137. The van der Waals surface area contributed by atoms with Crippen molar-refractivity contribution in [2.24, 2.45) is 0 Å². The highest BCUT2D eigenvalue weighted by Crippen LogP contribution is 2.20. The zero-order chi connectivity index (χ0) is 21.3. The first kappa shape index (κ1) is 19.6. The van der Waals surface area contributed by atoms with Crippen molar-refractivity contribution < 1.29 is 9.32 Å². The van der Waals surface area contributed by atoms with Gasteiger partial charge in [0, 0.05) is 24.0 Å². The topological polar surface area (TPSA) is 101 Å². The summed E-state index contributed by atoms with van der Waals surface area (Å²) in [6, 6.07) is 13.3. The molecule has 7 nitrogen and oxygen atoms in total. The van der Waals surface area contributed by atoms with Crippen LogP contribution in [0.5, 0.6) is 0 Å². The lowest BCUT2D eigenvalue weighted by Gasteiger charge is -2.09. The number of carbonyl (C=O) groups excluding carboxylic acids is 1. The average Bonchev–Trinajstić information content (AvgIpc) is 3.18. The van der Waals surface area contributed by atoms with E-state index < -0.39 is 0 Å². The summed E-state index contributed by atoms with van der Waals surface area (Å²) in [6.45, 7) is 5.96. The molecule has 0 saturated heterocycles. The third-order valence-corrected chi connectivity index (χ3v) is 5.15. The second kappa shape index (κ2) is 7.94. The van der Waals surface area contributed by atoms with Gasteiger partial charge in [0.05, 0.1) is 5.56 Å². The molecule has 0 spiro atoms. The smallest absolute Gasteiger partial charge is 0.259 e. The van der Waals surface area contributed by atoms with Crippen molar-refractivity contribution >= 4 is 22.5 Å². The van der Waals surface area contributed by atoms with Crippen molar-refractivity contribution in [1.82, 2.24) is 15.1 Å². The van der Waals surface area contributed by atoms with Crippen molar-refractivity contribution in [1.29, 1.82) is 0 Å². The van der Waals surface area contributed by atoms with E-state index in [0.29, 0.717) is 11.5 Å². The molecular weight excluding hydrogens is 380 g/mol. The Hall–Kier alpha value is -3.74. The third-order valence-electron chi connectivity index (χ3n) is 5.15. The summed E-state index contributed by atoms with van der Waals surface area (Å²) in [4.78, 5) is 31.9. The standard InChI is InChI=1S/C23H22N4O3/c1-13-7-8-19-16(11-13)12-17(23(29)25-19)22-26-21(30-27-22)10-9-20(28)24-18-6-4-5-14(2)15(18)3/h4-8,11-12H,9-10H2,1-3H3,(H,24,28)(H,25,29). The van der Waals surface area contributed by atoms with Gasteiger partial charge in [-0.2, -0.15) is 4.98 Å². The molecule has 0 aliphatic heterocycles. The van der Waals surface area contributed by atoms with E-state index in [-0.39, 0.29) is 30.1 Å². The first-order valence-electron chi connectivity index (χ1n) is 9.73. The molecule has 0 saturated carbocycles. The molecule has 4 rings (SSSR count). The summed E-state index contributed by atoms with van der Waals surface area (Å²) < 4.78 is 5.26. The Labute approximate surface area is 173 Å². The number of rotatable bonds is 5. The van der Waals surface area contributed by atoms with E-state index in [1.807, 2.05) is 57.2 Å². The third kappa shape index (κ3) is 4.00. The maximum absolute atomic E-state index is 12.4. The van der Waals surface area contributed by atoms with Gasteiger partial charge < -0.3 is 14.8 Å². The Morgan fingerprint density at radius 2 is 1.97 bits per heavy atom. The van der Waals surface area contributed by atoms with Gasteiger partial charge in [-0.3, -0.25) is 9.59 Å². The lowest BCUT2D eigenvalue weighted by atomic mass is 10.1. The maximum atomic E-state index is 12.4. The Bertz CT molecular complexity index is 1300. The summed E-state index contributed by atoms with van der Waals surface area (Å²) in [6.07, 6.45) is 0.483. The summed E-state index contributed by atoms with van der Waals surface area (Å²) in [5.74, 6) is 0.386. The lowest BCUT2D eigenvalue weighted by molar-refractivity contribution is -0.116. The monoisotopic (exact) mass is 402 g/mol. The zero-order valence-corrected chi connectivity index (χ0v) is 17.1. The molecule has 2 heterocycles. The van der Waals surface area contributed by atoms with E-state index in [2.05, 4.69) is 20.4 Å². The summed E-state index contributed by atoms with van der Waals surface area (Å²) >= 11 is 0. The Kier molecular flexibility index (Phi) is 5.18. The second-order valence-corrected chi connectivity index (χ2v) is 7.41. The molecule has 2 N–H and O–H groups in total. The van der Waals surface area contributed by atoms with Crippen LogP contribution in [0.15, 0.2) is 51.8 Å². The van der Waals surface area contributed by atoms with Gasteiger partial charge in [-0.1, -0.05) is 28.9 Å². The Morgan fingerprint density at radius 1 is 1.13 bits per heavy atom. The van der Waals surface area contributed by atoms with Crippen molar-refractivity contribution in [3.8, 4) is 11.4 Å². The molecule has 2 aromatic heterocycles. The largest absolute Gasteiger partial charge is 0.339 e. The first-order valence-corrected chi connectivity index (χ1v) is 9.73. The molecule has 7 heteroatoms. The van der Waals surface area contributed by atoms with Gasteiger partial charge in [-0.25, -0.2) is 0 Å². The molecule has 0 fully saturated rings.